The molecule has 0 amide bonds. The number of furan rings is 1. The highest BCUT2D eigenvalue weighted by atomic mass is 16.5. The largest absolute Gasteiger partial charge is 0.494 e. The number of hydrogen-bond donors (Lipinski definition) is 0. The average molecular weight is 311 g/mol. The SMILES string of the molecule is C=Cc1nnc(-c2ccc(C)o2)n1-c1c(OC)cccc1OC. The van der Waals surface area contributed by atoms with Gasteiger partial charge in [-0.1, -0.05) is 12.6 Å². The van der Waals surface area contributed by atoms with Crippen molar-refractivity contribution in [2.24, 2.45) is 0 Å². The van der Waals surface area contributed by atoms with Gasteiger partial charge in [-0.05, 0) is 37.3 Å². The number of aromatic nitrogens is 3. The third kappa shape index (κ3) is 2.48. The summed E-state index contributed by atoms with van der Waals surface area (Å²) in [7, 11) is 3.21. The molecule has 2 aromatic heterocycles. The van der Waals surface area contributed by atoms with Crippen LogP contribution in [0.5, 0.6) is 11.5 Å². The molecule has 0 aliphatic heterocycles. The Morgan fingerprint density at radius 2 is 1.78 bits per heavy atom. The summed E-state index contributed by atoms with van der Waals surface area (Å²) in [5, 5.41) is 8.41. The second-order valence-corrected chi connectivity index (χ2v) is 4.84. The second kappa shape index (κ2) is 6.00. The lowest BCUT2D eigenvalue weighted by molar-refractivity contribution is 0.391. The molecule has 118 valence electrons. The zero-order valence-corrected chi connectivity index (χ0v) is 13.2. The van der Waals surface area contributed by atoms with Crippen LogP contribution in [-0.4, -0.2) is 29.0 Å². The van der Waals surface area contributed by atoms with Crippen molar-refractivity contribution in [3.8, 4) is 28.8 Å². The van der Waals surface area contributed by atoms with Gasteiger partial charge < -0.3 is 13.9 Å². The van der Waals surface area contributed by atoms with Gasteiger partial charge in [-0.3, -0.25) is 4.57 Å². The summed E-state index contributed by atoms with van der Waals surface area (Å²) in [4.78, 5) is 0. The Morgan fingerprint density at radius 3 is 2.30 bits per heavy atom. The number of aryl methyl sites for hydroxylation is 1. The van der Waals surface area contributed by atoms with Crippen molar-refractivity contribution >= 4 is 6.08 Å². The number of ether oxygens (including phenoxy) is 2. The van der Waals surface area contributed by atoms with Crippen LogP contribution in [0.2, 0.25) is 0 Å². The molecular formula is C17H17N3O3. The van der Waals surface area contributed by atoms with Gasteiger partial charge in [-0.2, -0.15) is 0 Å². The topological polar surface area (TPSA) is 62.3 Å². The first-order chi connectivity index (χ1) is 11.2. The van der Waals surface area contributed by atoms with E-state index >= 15 is 0 Å². The third-order valence-corrected chi connectivity index (χ3v) is 3.46. The van der Waals surface area contributed by atoms with Crippen LogP contribution in [0.3, 0.4) is 0 Å². The number of benzene rings is 1. The minimum atomic E-state index is 0.552. The molecule has 0 N–H and O–H groups in total. The number of methoxy groups -OCH3 is 2. The molecule has 0 aliphatic carbocycles. The summed E-state index contributed by atoms with van der Waals surface area (Å²) in [6, 6.07) is 9.28. The summed E-state index contributed by atoms with van der Waals surface area (Å²) in [6.07, 6.45) is 1.62. The van der Waals surface area contributed by atoms with Crippen molar-refractivity contribution in [3.63, 3.8) is 0 Å². The van der Waals surface area contributed by atoms with E-state index in [1.807, 2.05) is 41.8 Å². The van der Waals surface area contributed by atoms with Gasteiger partial charge in [0.05, 0.1) is 14.2 Å². The zero-order valence-electron chi connectivity index (χ0n) is 13.2. The lowest BCUT2D eigenvalue weighted by Gasteiger charge is -2.15. The molecule has 0 spiro atoms. The van der Waals surface area contributed by atoms with Crippen molar-refractivity contribution in [2.75, 3.05) is 14.2 Å². The van der Waals surface area contributed by atoms with E-state index in [9.17, 15) is 0 Å². The highest BCUT2D eigenvalue weighted by Gasteiger charge is 2.22. The first-order valence-corrected chi connectivity index (χ1v) is 7.05. The van der Waals surface area contributed by atoms with E-state index in [4.69, 9.17) is 13.9 Å². The van der Waals surface area contributed by atoms with Crippen LogP contribution in [0, 0.1) is 6.92 Å². The van der Waals surface area contributed by atoms with Crippen molar-refractivity contribution in [2.45, 2.75) is 6.92 Å². The quantitative estimate of drug-likeness (QED) is 0.721. The van der Waals surface area contributed by atoms with E-state index in [1.165, 1.54) is 0 Å². The Balaban J connectivity index is 2.32. The number of para-hydroxylation sites is 1. The van der Waals surface area contributed by atoms with E-state index in [2.05, 4.69) is 16.8 Å². The monoisotopic (exact) mass is 311 g/mol. The van der Waals surface area contributed by atoms with Crippen LogP contribution < -0.4 is 9.47 Å². The normalized spacial score (nSPS) is 10.6. The van der Waals surface area contributed by atoms with Crippen LogP contribution in [0.1, 0.15) is 11.6 Å². The lowest BCUT2D eigenvalue weighted by atomic mass is 10.2. The second-order valence-electron chi connectivity index (χ2n) is 4.84. The molecule has 3 aromatic rings. The molecule has 0 bridgehead atoms. The molecule has 0 saturated carbocycles. The first kappa shape index (κ1) is 14.9. The highest BCUT2D eigenvalue weighted by molar-refractivity contribution is 5.65. The van der Waals surface area contributed by atoms with Crippen molar-refractivity contribution in [3.05, 3.63) is 48.5 Å². The molecule has 6 heteroatoms. The Hall–Kier alpha value is -3.02. The zero-order chi connectivity index (χ0) is 16.4. The molecule has 0 radical (unpaired) electrons. The summed E-state index contributed by atoms with van der Waals surface area (Å²) in [5.41, 5.74) is 0.696. The Labute approximate surface area is 134 Å². The van der Waals surface area contributed by atoms with Crippen LogP contribution in [0.4, 0.5) is 0 Å². The Bertz CT molecular complexity index is 826. The number of hydrogen-bond acceptors (Lipinski definition) is 5. The molecule has 0 saturated heterocycles. The Morgan fingerprint density at radius 1 is 1.09 bits per heavy atom. The molecule has 6 nitrogen and oxygen atoms in total. The molecule has 23 heavy (non-hydrogen) atoms. The van der Waals surface area contributed by atoms with E-state index in [-0.39, 0.29) is 0 Å². The van der Waals surface area contributed by atoms with Gasteiger partial charge in [-0.15, -0.1) is 10.2 Å². The predicted molar refractivity (Wildman–Crippen MR) is 87.0 cm³/mol. The molecule has 0 atom stereocenters. The van der Waals surface area contributed by atoms with Crippen LogP contribution in [0.15, 0.2) is 41.3 Å². The fourth-order valence-corrected chi connectivity index (χ4v) is 2.42. The minimum Gasteiger partial charge on any atom is -0.494 e. The first-order valence-electron chi connectivity index (χ1n) is 7.05. The average Bonchev–Trinajstić information content (AvgIpc) is 3.19. The highest BCUT2D eigenvalue weighted by Crippen LogP contribution is 2.36. The maximum atomic E-state index is 5.70. The van der Waals surface area contributed by atoms with Crippen LogP contribution in [-0.2, 0) is 0 Å². The molecule has 3 rings (SSSR count). The van der Waals surface area contributed by atoms with E-state index in [1.54, 1.807) is 20.3 Å². The number of nitrogens with zero attached hydrogens (tertiary/aromatic N) is 3. The summed E-state index contributed by atoms with van der Waals surface area (Å²) >= 11 is 0. The van der Waals surface area contributed by atoms with Gasteiger partial charge in [0.1, 0.15) is 22.9 Å². The van der Waals surface area contributed by atoms with Gasteiger partial charge in [0, 0.05) is 0 Å². The molecule has 2 heterocycles. The lowest BCUT2D eigenvalue weighted by Crippen LogP contribution is -2.05. The minimum absolute atomic E-state index is 0.552. The fraction of sp³-hybridized carbons (Fsp3) is 0.176. The standard InChI is InChI=1S/C17H17N3O3/c1-5-15-18-19-17(14-10-9-11(2)23-14)20(15)16-12(21-3)7-6-8-13(16)22-4/h5-10H,1H2,2-4H3. The van der Waals surface area contributed by atoms with E-state index in [0.29, 0.717) is 34.6 Å². The molecule has 0 aliphatic rings. The maximum absolute atomic E-state index is 5.70. The smallest absolute Gasteiger partial charge is 0.204 e. The third-order valence-electron chi connectivity index (χ3n) is 3.46. The van der Waals surface area contributed by atoms with Gasteiger partial charge in [-0.25, -0.2) is 0 Å². The van der Waals surface area contributed by atoms with E-state index in [0.717, 1.165) is 5.76 Å². The fourth-order valence-electron chi connectivity index (χ4n) is 2.42. The van der Waals surface area contributed by atoms with E-state index < -0.39 is 0 Å². The molecule has 0 fully saturated rings. The van der Waals surface area contributed by atoms with Crippen molar-refractivity contribution in [1.29, 1.82) is 0 Å². The molecular weight excluding hydrogens is 294 g/mol. The number of rotatable bonds is 5. The van der Waals surface area contributed by atoms with Crippen LogP contribution >= 0.6 is 0 Å². The van der Waals surface area contributed by atoms with Crippen molar-refractivity contribution in [1.82, 2.24) is 14.8 Å². The Kier molecular flexibility index (Phi) is 3.89. The predicted octanol–water partition coefficient (Wildman–Crippen LogP) is 3.50. The van der Waals surface area contributed by atoms with Gasteiger partial charge in [0.2, 0.25) is 5.82 Å². The maximum Gasteiger partial charge on any atom is 0.204 e. The van der Waals surface area contributed by atoms with Crippen molar-refractivity contribution < 1.29 is 13.9 Å². The summed E-state index contributed by atoms with van der Waals surface area (Å²) in [5.74, 6) is 3.79. The molecule has 1 aromatic carbocycles. The van der Waals surface area contributed by atoms with Gasteiger partial charge in [0.25, 0.3) is 0 Å². The van der Waals surface area contributed by atoms with Gasteiger partial charge in [0.15, 0.2) is 11.6 Å². The van der Waals surface area contributed by atoms with Gasteiger partial charge >= 0.3 is 0 Å². The summed E-state index contributed by atoms with van der Waals surface area (Å²) < 4.78 is 18.5. The molecule has 0 unspecified atom stereocenters. The summed E-state index contributed by atoms with van der Waals surface area (Å²) in [6.45, 7) is 5.68. The van der Waals surface area contributed by atoms with Crippen LogP contribution in [0.25, 0.3) is 23.3 Å².